The van der Waals surface area contributed by atoms with Gasteiger partial charge in [-0.2, -0.15) is 5.48 Å². The fourth-order valence-corrected chi connectivity index (χ4v) is 4.83. The molecule has 0 atom stereocenters. The monoisotopic (exact) mass is 515 g/mol. The molecule has 0 bridgehead atoms. The van der Waals surface area contributed by atoms with Crippen LogP contribution in [0.5, 0.6) is 5.75 Å². The minimum absolute atomic E-state index is 0.232. The molecule has 4 aromatic rings. The van der Waals surface area contributed by atoms with Gasteiger partial charge in [0.25, 0.3) is 0 Å². The molecule has 1 aliphatic rings. The van der Waals surface area contributed by atoms with E-state index in [1.54, 1.807) is 13.1 Å². The highest BCUT2D eigenvalue weighted by Gasteiger charge is 2.22. The van der Waals surface area contributed by atoms with Gasteiger partial charge in [0.2, 0.25) is 0 Å². The van der Waals surface area contributed by atoms with Crippen LogP contribution in [0, 0.1) is 5.82 Å². The average Bonchev–Trinajstić information content (AvgIpc) is 3.29. The number of carbonyl (C=O) groups excluding carboxylic acids is 1. The SMILES string of the molecule is COc1ccc(CNOC=C=O)cc1N1CCN(Cc2nc3ccccc3n2Cc2ccc(F)cc2)CC1. The molecule has 1 aromatic heterocycles. The largest absolute Gasteiger partial charge is 0.495 e. The normalized spacial score (nSPS) is 13.9. The van der Waals surface area contributed by atoms with Crippen molar-refractivity contribution in [1.82, 2.24) is 19.9 Å². The summed E-state index contributed by atoms with van der Waals surface area (Å²) in [4.78, 5) is 24.9. The van der Waals surface area contributed by atoms with Crippen molar-refractivity contribution in [2.24, 2.45) is 0 Å². The van der Waals surface area contributed by atoms with Crippen LogP contribution in [0.1, 0.15) is 17.0 Å². The molecule has 1 fully saturated rings. The minimum atomic E-state index is -0.232. The second-order valence-corrected chi connectivity index (χ2v) is 9.17. The Bertz CT molecular complexity index is 1420. The number of nitrogens with one attached hydrogen (secondary N) is 1. The molecule has 3 aromatic carbocycles. The van der Waals surface area contributed by atoms with E-state index in [1.807, 2.05) is 42.5 Å². The van der Waals surface area contributed by atoms with Gasteiger partial charge in [0.15, 0.2) is 12.2 Å². The van der Waals surface area contributed by atoms with Crippen molar-refractivity contribution < 1.29 is 18.8 Å². The summed E-state index contributed by atoms with van der Waals surface area (Å²) in [7, 11) is 1.68. The summed E-state index contributed by atoms with van der Waals surface area (Å²) in [6.07, 6.45) is 0.942. The molecule has 0 unspecified atom stereocenters. The molecule has 0 saturated carbocycles. The number of benzene rings is 3. The Morgan fingerprint density at radius 3 is 2.53 bits per heavy atom. The van der Waals surface area contributed by atoms with Gasteiger partial charge in [-0.3, -0.25) is 4.90 Å². The van der Waals surface area contributed by atoms with Crippen molar-refractivity contribution in [2.75, 3.05) is 38.2 Å². The molecule has 196 valence electrons. The smallest absolute Gasteiger partial charge is 0.194 e. The summed E-state index contributed by atoms with van der Waals surface area (Å²) in [5.41, 5.74) is 7.84. The lowest BCUT2D eigenvalue weighted by atomic mass is 10.1. The number of anilines is 1. The number of ether oxygens (including phenoxy) is 1. The van der Waals surface area contributed by atoms with Gasteiger partial charge in [-0.1, -0.05) is 30.3 Å². The van der Waals surface area contributed by atoms with E-state index in [0.29, 0.717) is 13.1 Å². The molecule has 38 heavy (non-hydrogen) atoms. The second-order valence-electron chi connectivity index (χ2n) is 9.17. The Morgan fingerprint density at radius 1 is 1.00 bits per heavy atom. The summed E-state index contributed by atoms with van der Waals surface area (Å²) in [6.45, 7) is 5.25. The Morgan fingerprint density at radius 2 is 1.76 bits per heavy atom. The van der Waals surface area contributed by atoms with Crippen LogP contribution in [0.3, 0.4) is 0 Å². The topological polar surface area (TPSA) is 71.9 Å². The quantitative estimate of drug-likeness (QED) is 0.149. The van der Waals surface area contributed by atoms with E-state index in [-0.39, 0.29) is 5.82 Å². The van der Waals surface area contributed by atoms with E-state index >= 15 is 0 Å². The number of rotatable bonds is 10. The third-order valence-electron chi connectivity index (χ3n) is 6.78. The highest BCUT2D eigenvalue weighted by molar-refractivity contribution is 5.76. The van der Waals surface area contributed by atoms with E-state index in [9.17, 15) is 9.18 Å². The molecule has 5 rings (SSSR count). The van der Waals surface area contributed by atoms with Gasteiger partial charge in [-0.25, -0.2) is 14.2 Å². The Balaban J connectivity index is 1.28. The van der Waals surface area contributed by atoms with Crippen molar-refractivity contribution in [2.45, 2.75) is 19.6 Å². The van der Waals surface area contributed by atoms with E-state index < -0.39 is 0 Å². The molecule has 0 spiro atoms. The third kappa shape index (κ3) is 5.86. The Hall–Kier alpha value is -4.17. The average molecular weight is 516 g/mol. The van der Waals surface area contributed by atoms with Gasteiger partial charge >= 0.3 is 0 Å². The van der Waals surface area contributed by atoms with Crippen molar-refractivity contribution in [3.8, 4) is 5.75 Å². The molecular formula is C29H30FN5O3. The first-order valence-electron chi connectivity index (χ1n) is 12.6. The summed E-state index contributed by atoms with van der Waals surface area (Å²) >= 11 is 0. The van der Waals surface area contributed by atoms with E-state index in [0.717, 1.165) is 78.4 Å². The lowest BCUT2D eigenvalue weighted by molar-refractivity contribution is 0.132. The molecule has 0 amide bonds. The maximum Gasteiger partial charge on any atom is 0.194 e. The number of hydroxylamine groups is 1. The first-order chi connectivity index (χ1) is 18.6. The van der Waals surface area contributed by atoms with Gasteiger partial charge in [-0.15, -0.1) is 0 Å². The predicted octanol–water partition coefficient (Wildman–Crippen LogP) is 3.92. The van der Waals surface area contributed by atoms with Gasteiger partial charge < -0.3 is 19.0 Å². The summed E-state index contributed by atoms with van der Waals surface area (Å²) in [6, 6.07) is 20.8. The number of piperazine rings is 1. The van der Waals surface area contributed by atoms with Gasteiger partial charge in [0.05, 0.1) is 36.9 Å². The first-order valence-corrected chi connectivity index (χ1v) is 12.6. The van der Waals surface area contributed by atoms with E-state index in [1.165, 1.54) is 12.1 Å². The summed E-state index contributed by atoms with van der Waals surface area (Å²) in [5, 5.41) is 0. The molecule has 1 N–H and O–H groups in total. The Kier molecular flexibility index (Phi) is 7.99. The standard InChI is InChI=1S/C29H30FN5O3/c1-37-28-11-8-23(19-31-38-17-16-36)18-27(28)34-14-12-33(13-15-34)21-29-32-25-4-2-3-5-26(25)35(29)20-22-6-9-24(30)10-7-22/h2-11,17-18,31H,12-15,19-21H2,1H3. The van der Waals surface area contributed by atoms with Crippen LogP contribution in [0.4, 0.5) is 10.1 Å². The first kappa shape index (κ1) is 25.5. The maximum atomic E-state index is 13.5. The number of hydrogen-bond donors (Lipinski definition) is 1. The number of nitrogens with zero attached hydrogens (tertiary/aromatic N) is 4. The van der Waals surface area contributed by atoms with Crippen LogP contribution in [-0.2, 0) is 29.3 Å². The highest BCUT2D eigenvalue weighted by atomic mass is 19.1. The van der Waals surface area contributed by atoms with Crippen molar-refractivity contribution in [1.29, 1.82) is 0 Å². The van der Waals surface area contributed by atoms with Crippen LogP contribution >= 0.6 is 0 Å². The molecule has 9 heteroatoms. The maximum absolute atomic E-state index is 13.5. The van der Waals surface area contributed by atoms with Gasteiger partial charge in [0, 0.05) is 32.7 Å². The Labute approximate surface area is 220 Å². The van der Waals surface area contributed by atoms with Crippen LogP contribution < -0.4 is 15.1 Å². The van der Waals surface area contributed by atoms with E-state index in [2.05, 4.69) is 32.0 Å². The molecule has 8 nitrogen and oxygen atoms in total. The predicted molar refractivity (Wildman–Crippen MR) is 144 cm³/mol. The lowest BCUT2D eigenvalue weighted by Crippen LogP contribution is -2.46. The number of halogens is 1. The van der Waals surface area contributed by atoms with Crippen LogP contribution in [-0.4, -0.2) is 53.7 Å². The van der Waals surface area contributed by atoms with E-state index in [4.69, 9.17) is 14.6 Å². The van der Waals surface area contributed by atoms with Crippen LogP contribution in [0.25, 0.3) is 11.0 Å². The third-order valence-corrected chi connectivity index (χ3v) is 6.78. The van der Waals surface area contributed by atoms with Crippen molar-refractivity contribution in [3.63, 3.8) is 0 Å². The van der Waals surface area contributed by atoms with Gasteiger partial charge in [0.1, 0.15) is 17.4 Å². The van der Waals surface area contributed by atoms with Gasteiger partial charge in [-0.05, 0) is 47.5 Å². The zero-order chi connectivity index (χ0) is 26.3. The van der Waals surface area contributed by atoms with Crippen molar-refractivity contribution in [3.05, 3.63) is 95.8 Å². The number of para-hydroxylation sites is 2. The van der Waals surface area contributed by atoms with Crippen LogP contribution in [0.15, 0.2) is 73.0 Å². The molecular weight excluding hydrogens is 485 g/mol. The minimum Gasteiger partial charge on any atom is -0.495 e. The van der Waals surface area contributed by atoms with Crippen molar-refractivity contribution >= 4 is 22.7 Å². The number of aromatic nitrogens is 2. The molecule has 0 radical (unpaired) electrons. The zero-order valence-electron chi connectivity index (χ0n) is 21.3. The fraction of sp³-hybridized carbons (Fsp3) is 0.276. The summed E-state index contributed by atoms with van der Waals surface area (Å²) in [5.74, 6) is 3.15. The number of fused-ring (bicyclic) bond motifs is 1. The molecule has 0 aliphatic carbocycles. The highest BCUT2D eigenvalue weighted by Crippen LogP contribution is 2.30. The summed E-state index contributed by atoms with van der Waals surface area (Å²) < 4.78 is 21.3. The molecule has 1 saturated heterocycles. The zero-order valence-corrected chi connectivity index (χ0v) is 21.3. The number of imidazole rings is 1. The number of methoxy groups -OCH3 is 1. The molecule has 1 aliphatic heterocycles. The fourth-order valence-electron chi connectivity index (χ4n) is 4.83. The number of hydrogen-bond acceptors (Lipinski definition) is 7. The second kappa shape index (κ2) is 11.9. The van der Waals surface area contributed by atoms with Crippen LogP contribution in [0.2, 0.25) is 0 Å². The molecule has 2 heterocycles. The lowest BCUT2D eigenvalue weighted by Gasteiger charge is -2.36.